The van der Waals surface area contributed by atoms with Gasteiger partial charge in [-0.25, -0.2) is 0 Å². The lowest BCUT2D eigenvalue weighted by molar-refractivity contribution is 0.0937. The average molecular weight is 281 g/mol. The molecule has 0 saturated carbocycles. The van der Waals surface area contributed by atoms with Crippen LogP contribution in [0.25, 0.3) is 0 Å². The van der Waals surface area contributed by atoms with Crippen LogP contribution in [0.15, 0.2) is 6.07 Å². The molecule has 0 atom stereocenters. The topological polar surface area (TPSA) is 49.3 Å². The summed E-state index contributed by atoms with van der Waals surface area (Å²) in [6.07, 6.45) is 5.20. The zero-order valence-electron chi connectivity index (χ0n) is 11.8. The van der Waals surface area contributed by atoms with Crippen molar-refractivity contribution in [1.29, 1.82) is 0 Å². The van der Waals surface area contributed by atoms with E-state index in [1.807, 2.05) is 0 Å². The summed E-state index contributed by atoms with van der Waals surface area (Å²) in [4.78, 5) is 14.4. The van der Waals surface area contributed by atoms with Gasteiger partial charge in [-0.1, -0.05) is 13.8 Å². The van der Waals surface area contributed by atoms with Crippen molar-refractivity contribution in [2.75, 3.05) is 13.2 Å². The molecule has 0 radical (unpaired) electrons. The predicted octanol–water partition coefficient (Wildman–Crippen LogP) is 2.77. The number of thiophene rings is 1. The Kier molecular flexibility index (Phi) is 4.63. The standard InChI is InChI=1S/C15H23NO2S/c1-15(2,7-4-8-17)10-16-14(18)13-9-11-5-3-6-12(11)19-13/h9,17H,3-8,10H2,1-2H3,(H,16,18). The van der Waals surface area contributed by atoms with E-state index in [-0.39, 0.29) is 17.9 Å². The second-order valence-corrected chi connectivity index (χ2v) is 7.22. The fourth-order valence-electron chi connectivity index (χ4n) is 2.49. The van der Waals surface area contributed by atoms with Crippen molar-refractivity contribution in [3.8, 4) is 0 Å². The lowest BCUT2D eigenvalue weighted by Gasteiger charge is -2.24. The number of hydrogen-bond acceptors (Lipinski definition) is 3. The minimum absolute atomic E-state index is 0.0401. The number of aryl methyl sites for hydroxylation is 2. The molecule has 4 heteroatoms. The van der Waals surface area contributed by atoms with Gasteiger partial charge in [0, 0.05) is 18.0 Å². The van der Waals surface area contributed by atoms with Crippen molar-refractivity contribution in [2.45, 2.75) is 46.0 Å². The number of aliphatic hydroxyl groups is 1. The molecule has 0 saturated heterocycles. The number of carbonyl (C=O) groups excluding carboxylic acids is 1. The summed E-state index contributed by atoms with van der Waals surface area (Å²) in [6.45, 7) is 5.12. The van der Waals surface area contributed by atoms with Crippen molar-refractivity contribution in [3.05, 3.63) is 21.4 Å². The minimum atomic E-state index is 0.0401. The van der Waals surface area contributed by atoms with E-state index in [9.17, 15) is 4.79 Å². The normalized spacial score (nSPS) is 14.5. The molecule has 106 valence electrons. The van der Waals surface area contributed by atoms with E-state index in [4.69, 9.17) is 5.11 Å². The van der Waals surface area contributed by atoms with Crippen molar-refractivity contribution < 1.29 is 9.90 Å². The zero-order valence-corrected chi connectivity index (χ0v) is 12.6. The van der Waals surface area contributed by atoms with Crippen LogP contribution >= 0.6 is 11.3 Å². The molecule has 0 bridgehead atoms. The Bertz CT molecular complexity index is 429. The molecule has 3 nitrogen and oxygen atoms in total. The van der Waals surface area contributed by atoms with Gasteiger partial charge in [0.25, 0.3) is 5.91 Å². The third-order valence-electron chi connectivity index (χ3n) is 3.71. The van der Waals surface area contributed by atoms with Gasteiger partial charge in [-0.2, -0.15) is 0 Å². The molecule has 1 amide bonds. The van der Waals surface area contributed by atoms with E-state index >= 15 is 0 Å². The first-order valence-electron chi connectivity index (χ1n) is 7.02. The molecule has 1 aromatic rings. The lowest BCUT2D eigenvalue weighted by Crippen LogP contribution is -2.33. The molecule has 0 fully saturated rings. The van der Waals surface area contributed by atoms with Crippen LogP contribution in [-0.4, -0.2) is 24.2 Å². The maximum absolute atomic E-state index is 12.1. The fourth-order valence-corrected chi connectivity index (χ4v) is 3.66. The van der Waals surface area contributed by atoms with Crippen LogP contribution in [0.1, 0.15) is 53.2 Å². The molecule has 1 heterocycles. The van der Waals surface area contributed by atoms with E-state index in [1.54, 1.807) is 11.3 Å². The highest BCUT2D eigenvalue weighted by molar-refractivity contribution is 7.14. The van der Waals surface area contributed by atoms with Gasteiger partial charge in [0.15, 0.2) is 0 Å². The first-order valence-corrected chi connectivity index (χ1v) is 7.84. The second-order valence-electron chi connectivity index (χ2n) is 6.09. The Balaban J connectivity index is 1.87. The number of amides is 1. The number of fused-ring (bicyclic) bond motifs is 1. The Morgan fingerprint density at radius 1 is 1.47 bits per heavy atom. The molecule has 2 N–H and O–H groups in total. The summed E-state index contributed by atoms with van der Waals surface area (Å²) < 4.78 is 0. The number of hydrogen-bond donors (Lipinski definition) is 2. The largest absolute Gasteiger partial charge is 0.396 e. The quantitative estimate of drug-likeness (QED) is 0.842. The molecule has 0 spiro atoms. The summed E-state index contributed by atoms with van der Waals surface area (Å²) >= 11 is 1.65. The summed E-state index contributed by atoms with van der Waals surface area (Å²) in [5, 5.41) is 11.9. The van der Waals surface area contributed by atoms with Crippen LogP contribution < -0.4 is 5.32 Å². The lowest BCUT2D eigenvalue weighted by atomic mass is 9.88. The van der Waals surface area contributed by atoms with Gasteiger partial charge in [0.1, 0.15) is 0 Å². The number of carbonyl (C=O) groups is 1. The van der Waals surface area contributed by atoms with Crippen LogP contribution in [0, 0.1) is 5.41 Å². The monoisotopic (exact) mass is 281 g/mol. The molecule has 1 aliphatic rings. The molecule has 0 unspecified atom stereocenters. The summed E-state index contributed by atoms with van der Waals surface area (Å²) in [6, 6.07) is 2.06. The fraction of sp³-hybridized carbons (Fsp3) is 0.667. The molecule has 0 aromatic carbocycles. The van der Waals surface area contributed by atoms with Gasteiger partial charge in [-0.3, -0.25) is 4.79 Å². The van der Waals surface area contributed by atoms with Crippen molar-refractivity contribution in [3.63, 3.8) is 0 Å². The SMILES string of the molecule is CC(C)(CCCO)CNC(=O)c1cc2c(s1)CCC2. The van der Waals surface area contributed by atoms with Crippen LogP contribution in [0.4, 0.5) is 0 Å². The van der Waals surface area contributed by atoms with Gasteiger partial charge in [0.05, 0.1) is 4.88 Å². The molecular weight excluding hydrogens is 258 g/mol. The van der Waals surface area contributed by atoms with E-state index in [0.717, 1.165) is 30.6 Å². The summed E-state index contributed by atoms with van der Waals surface area (Å²) in [5.41, 5.74) is 1.41. The Hall–Kier alpha value is -0.870. The van der Waals surface area contributed by atoms with E-state index in [2.05, 4.69) is 25.2 Å². The van der Waals surface area contributed by atoms with Gasteiger partial charge < -0.3 is 10.4 Å². The maximum Gasteiger partial charge on any atom is 0.261 e. The van der Waals surface area contributed by atoms with E-state index < -0.39 is 0 Å². The number of aliphatic hydroxyl groups excluding tert-OH is 1. The summed E-state index contributed by atoms with van der Waals surface area (Å²) in [7, 11) is 0. The van der Waals surface area contributed by atoms with Gasteiger partial charge in [-0.05, 0) is 49.1 Å². The number of nitrogens with one attached hydrogen (secondary N) is 1. The van der Waals surface area contributed by atoms with Crippen LogP contribution in [-0.2, 0) is 12.8 Å². The highest BCUT2D eigenvalue weighted by atomic mass is 32.1. The second kappa shape index (κ2) is 6.06. The van der Waals surface area contributed by atoms with Gasteiger partial charge >= 0.3 is 0 Å². The molecule has 19 heavy (non-hydrogen) atoms. The van der Waals surface area contributed by atoms with Crippen LogP contribution in [0.5, 0.6) is 0 Å². The smallest absolute Gasteiger partial charge is 0.261 e. The average Bonchev–Trinajstić information content (AvgIpc) is 2.94. The predicted molar refractivity (Wildman–Crippen MR) is 78.8 cm³/mol. The van der Waals surface area contributed by atoms with E-state index in [0.29, 0.717) is 6.54 Å². The Morgan fingerprint density at radius 2 is 2.26 bits per heavy atom. The zero-order chi connectivity index (χ0) is 13.9. The maximum atomic E-state index is 12.1. The third-order valence-corrected chi connectivity index (χ3v) is 4.95. The van der Waals surface area contributed by atoms with Gasteiger partial charge in [0.2, 0.25) is 0 Å². The van der Waals surface area contributed by atoms with Crippen LogP contribution in [0.3, 0.4) is 0 Å². The highest BCUT2D eigenvalue weighted by Crippen LogP contribution is 2.30. The highest BCUT2D eigenvalue weighted by Gasteiger charge is 2.21. The molecule has 0 aliphatic heterocycles. The molecule has 1 aliphatic carbocycles. The molecule has 1 aromatic heterocycles. The Morgan fingerprint density at radius 3 is 2.95 bits per heavy atom. The third kappa shape index (κ3) is 3.80. The summed E-state index contributed by atoms with van der Waals surface area (Å²) in [5.74, 6) is 0.0523. The van der Waals surface area contributed by atoms with Crippen molar-refractivity contribution >= 4 is 17.2 Å². The van der Waals surface area contributed by atoms with Crippen molar-refractivity contribution in [2.24, 2.45) is 5.41 Å². The number of rotatable bonds is 6. The first-order chi connectivity index (χ1) is 9.02. The van der Waals surface area contributed by atoms with E-state index in [1.165, 1.54) is 16.9 Å². The van der Waals surface area contributed by atoms with Crippen molar-refractivity contribution in [1.82, 2.24) is 5.32 Å². The molecular formula is C15H23NO2S. The Labute approximate surface area is 119 Å². The first kappa shape index (κ1) is 14.5. The molecule has 2 rings (SSSR count). The minimum Gasteiger partial charge on any atom is -0.396 e. The van der Waals surface area contributed by atoms with Crippen LogP contribution in [0.2, 0.25) is 0 Å². The van der Waals surface area contributed by atoms with Gasteiger partial charge in [-0.15, -0.1) is 11.3 Å².